The lowest BCUT2D eigenvalue weighted by Crippen LogP contribution is -2.17. The molecule has 0 saturated heterocycles. The van der Waals surface area contributed by atoms with Crippen LogP contribution in [0.1, 0.15) is 53.4 Å². The van der Waals surface area contributed by atoms with E-state index in [-0.39, 0.29) is 22.3 Å². The van der Waals surface area contributed by atoms with Crippen molar-refractivity contribution in [2.45, 2.75) is 32.7 Å². The van der Waals surface area contributed by atoms with Crippen LogP contribution < -0.4 is 5.43 Å². The molecule has 4 rings (SSSR count). The molecule has 0 saturated carbocycles. The van der Waals surface area contributed by atoms with Crippen molar-refractivity contribution in [2.75, 3.05) is 0 Å². The van der Waals surface area contributed by atoms with Crippen LogP contribution in [-0.4, -0.2) is 21.8 Å². The Hall–Kier alpha value is -4.37. The lowest BCUT2D eigenvalue weighted by molar-refractivity contribution is 0.0955. The maximum atomic E-state index is 12.4. The normalized spacial score (nSPS) is 11.6. The Labute approximate surface area is 198 Å². The molecule has 6 heteroatoms. The Morgan fingerprint density at radius 1 is 1.12 bits per heavy atom. The summed E-state index contributed by atoms with van der Waals surface area (Å²) in [6.45, 7) is 7.39. The topological polar surface area (TPSA) is 90.4 Å². The van der Waals surface area contributed by atoms with E-state index >= 15 is 0 Å². The molecule has 1 heterocycles. The molecule has 0 aliphatic rings. The number of benzene rings is 3. The fourth-order valence-corrected chi connectivity index (χ4v) is 3.80. The molecule has 0 atom stereocenters. The first-order chi connectivity index (χ1) is 16.3. The van der Waals surface area contributed by atoms with Gasteiger partial charge in [0.25, 0.3) is 5.91 Å². The lowest BCUT2D eigenvalue weighted by Gasteiger charge is -2.19. The van der Waals surface area contributed by atoms with Gasteiger partial charge in [-0.15, -0.1) is 0 Å². The van der Waals surface area contributed by atoms with E-state index in [9.17, 15) is 9.90 Å². The molecule has 0 radical (unpaired) electrons. The number of hydrogen-bond acceptors (Lipinski definition) is 4. The summed E-state index contributed by atoms with van der Waals surface area (Å²) in [5.74, 6) is -0.625. The maximum Gasteiger partial charge on any atom is 0.271 e. The summed E-state index contributed by atoms with van der Waals surface area (Å²) < 4.78 is 2.19. The fraction of sp³-hybridized carbons (Fsp3) is 0.179. The minimum Gasteiger partial charge on any atom is -0.507 e. The van der Waals surface area contributed by atoms with Crippen molar-refractivity contribution in [1.82, 2.24) is 9.99 Å². The fourth-order valence-electron chi connectivity index (χ4n) is 3.80. The second kappa shape index (κ2) is 9.24. The van der Waals surface area contributed by atoms with Gasteiger partial charge in [0.05, 0.1) is 11.8 Å². The van der Waals surface area contributed by atoms with Crippen molar-refractivity contribution < 1.29 is 9.90 Å². The number of hydrogen-bond donors (Lipinski definition) is 2. The third kappa shape index (κ3) is 4.84. The average Bonchev–Trinajstić information content (AvgIpc) is 3.22. The number of carbonyl (C=O) groups excluding carboxylic acids is 1. The number of rotatable bonds is 5. The molecule has 6 nitrogen and oxygen atoms in total. The second-order valence-corrected chi connectivity index (χ2v) is 9.21. The highest BCUT2D eigenvalue weighted by molar-refractivity contribution is 6.00. The standard InChI is InChI=1S/C28H26N4O2/c1-28(2,3)23-10-7-19(8-11-23)18-32-14-13-24-21(5-4-6-25(24)32)17-30-31-27(34)20-9-12-26(33)22(15-20)16-29/h4-15,17,33H,18H2,1-3H3,(H,31,34)/b30-17+. The Morgan fingerprint density at radius 2 is 1.88 bits per heavy atom. The second-order valence-electron chi connectivity index (χ2n) is 9.21. The first-order valence-corrected chi connectivity index (χ1v) is 11.0. The van der Waals surface area contributed by atoms with E-state index in [0.29, 0.717) is 0 Å². The van der Waals surface area contributed by atoms with Crippen molar-refractivity contribution in [1.29, 1.82) is 5.26 Å². The van der Waals surface area contributed by atoms with Crippen molar-refractivity contribution >= 4 is 23.0 Å². The van der Waals surface area contributed by atoms with Crippen LogP contribution in [0.3, 0.4) is 0 Å². The van der Waals surface area contributed by atoms with Gasteiger partial charge in [0, 0.05) is 34.8 Å². The van der Waals surface area contributed by atoms with Gasteiger partial charge >= 0.3 is 0 Å². The smallest absolute Gasteiger partial charge is 0.271 e. The van der Waals surface area contributed by atoms with Crippen LogP contribution in [0.2, 0.25) is 0 Å². The number of hydrazone groups is 1. The van der Waals surface area contributed by atoms with E-state index in [4.69, 9.17) is 5.26 Å². The molecule has 0 bridgehead atoms. The minimum atomic E-state index is -0.462. The average molecular weight is 451 g/mol. The van der Waals surface area contributed by atoms with Crippen LogP contribution in [0.15, 0.2) is 78.0 Å². The summed E-state index contributed by atoms with van der Waals surface area (Å²) in [5.41, 5.74) is 7.38. The zero-order valence-corrected chi connectivity index (χ0v) is 19.4. The molecule has 0 fully saturated rings. The van der Waals surface area contributed by atoms with Gasteiger partial charge in [-0.2, -0.15) is 10.4 Å². The number of carbonyl (C=O) groups is 1. The first-order valence-electron chi connectivity index (χ1n) is 11.0. The SMILES string of the molecule is CC(C)(C)c1ccc(Cn2ccc3c(/C=N/NC(=O)c4ccc(O)c(C#N)c4)cccc32)cc1. The molecular weight excluding hydrogens is 424 g/mol. The summed E-state index contributed by atoms with van der Waals surface area (Å²) in [7, 11) is 0. The summed E-state index contributed by atoms with van der Waals surface area (Å²) in [6, 6.07) is 22.7. The monoisotopic (exact) mass is 450 g/mol. The molecule has 0 unspecified atom stereocenters. The zero-order chi connectivity index (χ0) is 24.3. The highest BCUT2D eigenvalue weighted by Gasteiger charge is 2.13. The number of nitrogens with zero attached hydrogens (tertiary/aromatic N) is 3. The van der Waals surface area contributed by atoms with E-state index in [1.54, 1.807) is 6.21 Å². The third-order valence-corrected chi connectivity index (χ3v) is 5.77. The molecule has 34 heavy (non-hydrogen) atoms. The Kier molecular flexibility index (Phi) is 6.20. The molecule has 3 aromatic carbocycles. The van der Waals surface area contributed by atoms with Crippen LogP contribution in [-0.2, 0) is 12.0 Å². The van der Waals surface area contributed by atoms with Gasteiger partial charge in [0.1, 0.15) is 11.8 Å². The number of nitrogens with one attached hydrogen (secondary N) is 1. The van der Waals surface area contributed by atoms with E-state index in [1.807, 2.05) is 24.3 Å². The molecule has 170 valence electrons. The molecule has 4 aromatic rings. The highest BCUT2D eigenvalue weighted by Crippen LogP contribution is 2.24. The molecule has 1 aromatic heterocycles. The van der Waals surface area contributed by atoms with E-state index in [1.165, 1.54) is 29.3 Å². The predicted molar refractivity (Wildman–Crippen MR) is 134 cm³/mol. The molecule has 0 spiro atoms. The van der Waals surface area contributed by atoms with Crippen molar-refractivity contribution in [2.24, 2.45) is 5.10 Å². The summed E-state index contributed by atoms with van der Waals surface area (Å²) in [5, 5.41) is 23.7. The van der Waals surface area contributed by atoms with Crippen LogP contribution in [0.5, 0.6) is 5.75 Å². The van der Waals surface area contributed by atoms with Gasteiger partial charge < -0.3 is 9.67 Å². The Bertz CT molecular complexity index is 1420. The Balaban J connectivity index is 1.50. The first kappa shape index (κ1) is 22.8. The summed E-state index contributed by atoms with van der Waals surface area (Å²) >= 11 is 0. The molecule has 2 N–H and O–H groups in total. The van der Waals surface area contributed by atoms with Gasteiger partial charge in [0.15, 0.2) is 0 Å². The predicted octanol–water partition coefficient (Wildman–Crippen LogP) is 5.33. The number of fused-ring (bicyclic) bond motifs is 1. The van der Waals surface area contributed by atoms with E-state index in [2.05, 4.69) is 72.4 Å². The van der Waals surface area contributed by atoms with Crippen molar-refractivity contribution in [3.8, 4) is 11.8 Å². The largest absolute Gasteiger partial charge is 0.507 e. The zero-order valence-electron chi connectivity index (χ0n) is 19.4. The van der Waals surface area contributed by atoms with Gasteiger partial charge in [-0.25, -0.2) is 5.43 Å². The van der Waals surface area contributed by atoms with Gasteiger partial charge in [-0.1, -0.05) is 57.2 Å². The maximum absolute atomic E-state index is 12.4. The summed E-state index contributed by atoms with van der Waals surface area (Å²) in [4.78, 5) is 12.4. The molecule has 0 aliphatic carbocycles. The number of aromatic nitrogens is 1. The van der Waals surface area contributed by atoms with Crippen LogP contribution in [0, 0.1) is 11.3 Å². The van der Waals surface area contributed by atoms with Crippen molar-refractivity contribution in [3.63, 3.8) is 0 Å². The van der Waals surface area contributed by atoms with Crippen LogP contribution in [0.25, 0.3) is 10.9 Å². The number of amides is 1. The number of phenolic OH excluding ortho intramolecular Hbond substituents is 1. The van der Waals surface area contributed by atoms with Gasteiger partial charge in [-0.3, -0.25) is 4.79 Å². The van der Waals surface area contributed by atoms with E-state index in [0.717, 1.165) is 23.0 Å². The molecule has 0 aliphatic heterocycles. The lowest BCUT2D eigenvalue weighted by atomic mass is 9.87. The van der Waals surface area contributed by atoms with Crippen molar-refractivity contribution in [3.05, 3.63) is 101 Å². The number of nitriles is 1. The quantitative estimate of drug-likeness (QED) is 0.318. The highest BCUT2D eigenvalue weighted by atomic mass is 16.3. The van der Waals surface area contributed by atoms with Crippen LogP contribution >= 0.6 is 0 Å². The van der Waals surface area contributed by atoms with Gasteiger partial charge in [0.2, 0.25) is 0 Å². The van der Waals surface area contributed by atoms with Crippen LogP contribution in [0.4, 0.5) is 0 Å². The third-order valence-electron chi connectivity index (χ3n) is 5.77. The minimum absolute atomic E-state index is 0.0378. The number of phenols is 1. The summed E-state index contributed by atoms with van der Waals surface area (Å²) in [6.07, 6.45) is 3.66. The van der Waals surface area contributed by atoms with Gasteiger partial charge in [-0.05, 0) is 46.9 Å². The van der Waals surface area contributed by atoms with E-state index < -0.39 is 5.91 Å². The molecule has 1 amide bonds. The Morgan fingerprint density at radius 3 is 2.59 bits per heavy atom. The number of aromatic hydroxyl groups is 1. The molecular formula is C28H26N4O2.